The number of carboxylic acids is 1. The van der Waals surface area contributed by atoms with Crippen LogP contribution in [0.1, 0.15) is 33.1 Å². The van der Waals surface area contributed by atoms with Crippen molar-refractivity contribution < 1.29 is 24.2 Å². The summed E-state index contributed by atoms with van der Waals surface area (Å²) in [4.78, 5) is 22.8. The summed E-state index contributed by atoms with van der Waals surface area (Å²) in [5.41, 5.74) is 0. The van der Waals surface area contributed by atoms with Gasteiger partial charge in [0.25, 0.3) is 0 Å². The SMILES string of the molecule is CC1(C)OCC(CNC(=O)[C@@H]2CC[C@H](C(=O)O)C2)O1. The average Bonchev–Trinajstić information content (AvgIpc) is 2.92. The molecule has 108 valence electrons. The average molecular weight is 271 g/mol. The van der Waals surface area contributed by atoms with Crippen molar-refractivity contribution in [3.05, 3.63) is 0 Å². The number of amides is 1. The molecule has 2 aliphatic rings. The molecule has 2 fully saturated rings. The van der Waals surface area contributed by atoms with Gasteiger partial charge in [-0.25, -0.2) is 0 Å². The second-order valence-corrected chi connectivity index (χ2v) is 5.74. The number of carboxylic acid groups (broad SMARTS) is 1. The van der Waals surface area contributed by atoms with Crippen LogP contribution in [0.2, 0.25) is 0 Å². The normalized spacial score (nSPS) is 33.3. The van der Waals surface area contributed by atoms with Gasteiger partial charge in [0, 0.05) is 12.5 Å². The Morgan fingerprint density at radius 1 is 1.32 bits per heavy atom. The minimum absolute atomic E-state index is 0.0722. The summed E-state index contributed by atoms with van der Waals surface area (Å²) >= 11 is 0. The summed E-state index contributed by atoms with van der Waals surface area (Å²) in [6, 6.07) is 0. The zero-order valence-electron chi connectivity index (χ0n) is 11.3. The van der Waals surface area contributed by atoms with Crippen LogP contribution in [0, 0.1) is 11.8 Å². The van der Waals surface area contributed by atoms with Crippen molar-refractivity contribution in [1.82, 2.24) is 5.32 Å². The number of rotatable bonds is 4. The number of hydrogen-bond donors (Lipinski definition) is 2. The van der Waals surface area contributed by atoms with Gasteiger partial charge in [0.1, 0.15) is 6.10 Å². The Morgan fingerprint density at radius 2 is 2.00 bits per heavy atom. The van der Waals surface area contributed by atoms with E-state index in [9.17, 15) is 9.59 Å². The van der Waals surface area contributed by atoms with E-state index in [0.29, 0.717) is 32.4 Å². The van der Waals surface area contributed by atoms with Crippen LogP contribution in [-0.4, -0.2) is 42.0 Å². The quantitative estimate of drug-likeness (QED) is 0.788. The van der Waals surface area contributed by atoms with E-state index in [4.69, 9.17) is 14.6 Å². The summed E-state index contributed by atoms with van der Waals surface area (Å²) in [6.07, 6.45) is 1.55. The molecule has 3 atom stereocenters. The molecular weight excluding hydrogens is 250 g/mol. The maximum atomic E-state index is 11.9. The molecule has 2 rings (SSSR count). The minimum Gasteiger partial charge on any atom is -0.481 e. The molecule has 1 aliphatic carbocycles. The fourth-order valence-corrected chi connectivity index (χ4v) is 2.67. The lowest BCUT2D eigenvalue weighted by molar-refractivity contribution is -0.142. The standard InChI is InChI=1S/C13H21NO5/c1-13(2)18-7-10(19-13)6-14-11(15)8-3-4-9(5-8)12(16)17/h8-10H,3-7H2,1-2H3,(H,14,15)(H,16,17)/t8-,9+,10?/m1/s1. The van der Waals surface area contributed by atoms with E-state index < -0.39 is 11.8 Å². The Bertz CT molecular complexity index is 368. The van der Waals surface area contributed by atoms with Crippen molar-refractivity contribution in [2.45, 2.75) is 45.0 Å². The molecule has 1 amide bonds. The second kappa shape index (κ2) is 5.46. The molecule has 19 heavy (non-hydrogen) atoms. The zero-order chi connectivity index (χ0) is 14.0. The van der Waals surface area contributed by atoms with Gasteiger partial charge in [0.2, 0.25) is 5.91 Å². The first-order chi connectivity index (χ1) is 8.87. The molecule has 1 heterocycles. The predicted octanol–water partition coefficient (Wildman–Crippen LogP) is 0.755. The largest absolute Gasteiger partial charge is 0.481 e. The third-order valence-electron chi connectivity index (χ3n) is 3.72. The maximum absolute atomic E-state index is 11.9. The lowest BCUT2D eigenvalue weighted by atomic mass is 10.0. The highest BCUT2D eigenvalue weighted by atomic mass is 16.7. The van der Waals surface area contributed by atoms with Crippen LogP contribution in [0.25, 0.3) is 0 Å². The second-order valence-electron chi connectivity index (χ2n) is 5.74. The molecular formula is C13H21NO5. The summed E-state index contributed by atoms with van der Waals surface area (Å²) in [7, 11) is 0. The van der Waals surface area contributed by atoms with E-state index >= 15 is 0 Å². The Balaban J connectivity index is 1.72. The van der Waals surface area contributed by atoms with E-state index in [1.165, 1.54) is 0 Å². The molecule has 1 saturated carbocycles. The smallest absolute Gasteiger partial charge is 0.306 e. The van der Waals surface area contributed by atoms with Gasteiger partial charge in [-0.3, -0.25) is 9.59 Å². The molecule has 6 heteroatoms. The van der Waals surface area contributed by atoms with E-state index in [1.54, 1.807) is 0 Å². The van der Waals surface area contributed by atoms with Crippen LogP contribution >= 0.6 is 0 Å². The van der Waals surface area contributed by atoms with Gasteiger partial charge in [-0.15, -0.1) is 0 Å². The topological polar surface area (TPSA) is 84.9 Å². The van der Waals surface area contributed by atoms with Crippen molar-refractivity contribution in [1.29, 1.82) is 0 Å². The summed E-state index contributed by atoms with van der Waals surface area (Å²) in [6.45, 7) is 4.55. The Kier molecular flexibility index (Phi) is 4.10. The first kappa shape index (κ1) is 14.3. The van der Waals surface area contributed by atoms with E-state index in [2.05, 4.69) is 5.32 Å². The van der Waals surface area contributed by atoms with Crippen LogP contribution in [0.15, 0.2) is 0 Å². The van der Waals surface area contributed by atoms with Gasteiger partial charge in [-0.05, 0) is 33.1 Å². The monoisotopic (exact) mass is 271 g/mol. The number of carbonyl (C=O) groups excluding carboxylic acids is 1. The molecule has 0 aromatic rings. The molecule has 1 unspecified atom stereocenters. The van der Waals surface area contributed by atoms with E-state index in [-0.39, 0.29) is 23.8 Å². The number of nitrogens with one attached hydrogen (secondary N) is 1. The van der Waals surface area contributed by atoms with E-state index in [1.807, 2.05) is 13.8 Å². The summed E-state index contributed by atoms with van der Waals surface area (Å²) < 4.78 is 11.0. The lowest BCUT2D eigenvalue weighted by Crippen LogP contribution is -2.37. The van der Waals surface area contributed by atoms with Gasteiger partial charge in [0.05, 0.1) is 12.5 Å². The minimum atomic E-state index is -0.801. The Labute approximate surface area is 112 Å². The molecule has 0 bridgehead atoms. The molecule has 0 aromatic heterocycles. The fraction of sp³-hybridized carbons (Fsp3) is 0.846. The number of aliphatic carboxylic acids is 1. The van der Waals surface area contributed by atoms with Crippen LogP contribution < -0.4 is 5.32 Å². The number of hydrogen-bond acceptors (Lipinski definition) is 4. The maximum Gasteiger partial charge on any atom is 0.306 e. The summed E-state index contributed by atoms with van der Waals surface area (Å²) in [5, 5.41) is 11.7. The molecule has 1 saturated heterocycles. The first-order valence-corrected chi connectivity index (χ1v) is 6.69. The fourth-order valence-electron chi connectivity index (χ4n) is 2.67. The molecule has 1 aliphatic heterocycles. The van der Waals surface area contributed by atoms with Gasteiger partial charge >= 0.3 is 5.97 Å². The van der Waals surface area contributed by atoms with Crippen LogP contribution in [0.5, 0.6) is 0 Å². The highest BCUT2D eigenvalue weighted by Crippen LogP contribution is 2.31. The van der Waals surface area contributed by atoms with Crippen molar-refractivity contribution >= 4 is 11.9 Å². The summed E-state index contributed by atoms with van der Waals surface area (Å²) in [5.74, 6) is -2.02. The van der Waals surface area contributed by atoms with Crippen molar-refractivity contribution in [3.63, 3.8) is 0 Å². The third kappa shape index (κ3) is 3.67. The van der Waals surface area contributed by atoms with Gasteiger partial charge < -0.3 is 19.9 Å². The van der Waals surface area contributed by atoms with Crippen LogP contribution in [-0.2, 0) is 19.1 Å². The zero-order valence-corrected chi connectivity index (χ0v) is 11.3. The molecule has 2 N–H and O–H groups in total. The molecule has 6 nitrogen and oxygen atoms in total. The third-order valence-corrected chi connectivity index (χ3v) is 3.72. The van der Waals surface area contributed by atoms with Crippen molar-refractivity contribution in [2.75, 3.05) is 13.2 Å². The van der Waals surface area contributed by atoms with Crippen LogP contribution in [0.4, 0.5) is 0 Å². The highest BCUT2D eigenvalue weighted by molar-refractivity contribution is 5.80. The van der Waals surface area contributed by atoms with Gasteiger partial charge in [-0.1, -0.05) is 0 Å². The number of carbonyl (C=O) groups is 2. The molecule has 0 radical (unpaired) electrons. The van der Waals surface area contributed by atoms with Crippen LogP contribution in [0.3, 0.4) is 0 Å². The molecule has 0 aromatic carbocycles. The number of ether oxygens (including phenoxy) is 2. The Morgan fingerprint density at radius 3 is 2.53 bits per heavy atom. The predicted molar refractivity (Wildman–Crippen MR) is 66.4 cm³/mol. The van der Waals surface area contributed by atoms with Crippen molar-refractivity contribution in [3.8, 4) is 0 Å². The highest BCUT2D eigenvalue weighted by Gasteiger charge is 2.35. The Hall–Kier alpha value is -1.14. The first-order valence-electron chi connectivity index (χ1n) is 6.69. The lowest BCUT2D eigenvalue weighted by Gasteiger charge is -2.18. The van der Waals surface area contributed by atoms with Gasteiger partial charge in [0.15, 0.2) is 5.79 Å². The van der Waals surface area contributed by atoms with Gasteiger partial charge in [-0.2, -0.15) is 0 Å². The van der Waals surface area contributed by atoms with Crippen molar-refractivity contribution in [2.24, 2.45) is 11.8 Å². The molecule has 0 spiro atoms. The van der Waals surface area contributed by atoms with E-state index in [0.717, 1.165) is 0 Å².